The van der Waals surface area contributed by atoms with Gasteiger partial charge in [0.15, 0.2) is 5.41 Å². The zero-order valence-electron chi connectivity index (χ0n) is 18.8. The molecule has 0 saturated carbocycles. The Labute approximate surface area is 195 Å². The summed E-state index contributed by atoms with van der Waals surface area (Å²) in [6.07, 6.45) is -0.766. The standard InChI is InChI=1S/C24H24N4O6/c1-14-12-26-19-9-8-18(28(32)33)10-17(19)11-24(20(26)15(2)34-14)21(29)25-23(31)27(22(24)30)13-16-6-4-3-5-7-16/h3-10,14-15,20H,11-13H2,1-2H3,(H,25,29,31). The molecule has 1 spiro atoms. The van der Waals surface area contributed by atoms with E-state index in [1.807, 2.05) is 24.8 Å². The van der Waals surface area contributed by atoms with Gasteiger partial charge in [-0.3, -0.25) is 29.9 Å². The second-order valence-corrected chi connectivity index (χ2v) is 9.10. The minimum Gasteiger partial charge on any atom is -0.372 e. The smallest absolute Gasteiger partial charge is 0.331 e. The molecule has 0 aliphatic carbocycles. The van der Waals surface area contributed by atoms with Crippen molar-refractivity contribution in [1.82, 2.24) is 10.2 Å². The van der Waals surface area contributed by atoms with Crippen molar-refractivity contribution in [2.75, 3.05) is 11.4 Å². The third-order valence-corrected chi connectivity index (χ3v) is 6.92. The number of anilines is 1. The normalized spacial score (nSPS) is 28.4. The molecule has 4 atom stereocenters. The number of rotatable bonds is 3. The van der Waals surface area contributed by atoms with Crippen LogP contribution in [0.2, 0.25) is 0 Å². The molecular formula is C24H24N4O6. The molecule has 2 fully saturated rings. The Morgan fingerprint density at radius 2 is 1.88 bits per heavy atom. The van der Waals surface area contributed by atoms with Crippen LogP contribution in [-0.2, 0) is 27.3 Å². The van der Waals surface area contributed by atoms with Gasteiger partial charge in [0, 0.05) is 30.8 Å². The number of imide groups is 2. The number of nitro benzene ring substituents is 1. The number of hydrogen-bond donors (Lipinski definition) is 1. The highest BCUT2D eigenvalue weighted by Gasteiger charge is 2.64. The van der Waals surface area contributed by atoms with Gasteiger partial charge < -0.3 is 9.64 Å². The van der Waals surface area contributed by atoms with Gasteiger partial charge in [0.1, 0.15) is 0 Å². The van der Waals surface area contributed by atoms with Crippen LogP contribution in [0.25, 0.3) is 0 Å². The SMILES string of the molecule is CC1CN2c3ccc([N+](=O)[O-])cc3CC3(C(=O)NC(=O)N(Cc4ccccc4)C3=O)C2C(C)O1. The molecule has 0 radical (unpaired) electrons. The first-order chi connectivity index (χ1) is 16.2. The Bertz CT molecular complexity index is 1200. The number of morpholine rings is 1. The fraction of sp³-hybridized carbons (Fsp3) is 0.375. The lowest BCUT2D eigenvalue weighted by Gasteiger charge is -2.56. The number of nitrogens with one attached hydrogen (secondary N) is 1. The summed E-state index contributed by atoms with van der Waals surface area (Å²) < 4.78 is 6.05. The van der Waals surface area contributed by atoms with Gasteiger partial charge in [0.05, 0.1) is 29.7 Å². The lowest BCUT2D eigenvalue weighted by atomic mass is 9.66. The molecule has 3 heterocycles. The van der Waals surface area contributed by atoms with Crippen molar-refractivity contribution in [3.05, 3.63) is 69.8 Å². The highest BCUT2D eigenvalue weighted by atomic mass is 16.6. The van der Waals surface area contributed by atoms with Gasteiger partial charge in [-0.2, -0.15) is 0 Å². The summed E-state index contributed by atoms with van der Waals surface area (Å²) in [6, 6.07) is 12.1. The van der Waals surface area contributed by atoms with Crippen LogP contribution in [0.5, 0.6) is 0 Å². The Morgan fingerprint density at radius 1 is 1.15 bits per heavy atom. The second-order valence-electron chi connectivity index (χ2n) is 9.10. The highest BCUT2D eigenvalue weighted by Crippen LogP contribution is 2.48. The number of nitrogens with zero attached hydrogens (tertiary/aromatic N) is 3. The van der Waals surface area contributed by atoms with Crippen LogP contribution in [0.15, 0.2) is 48.5 Å². The van der Waals surface area contributed by atoms with Gasteiger partial charge in [0.2, 0.25) is 11.8 Å². The fourth-order valence-electron chi connectivity index (χ4n) is 5.59. The van der Waals surface area contributed by atoms with E-state index in [0.29, 0.717) is 12.1 Å². The van der Waals surface area contributed by atoms with Crippen molar-refractivity contribution < 1.29 is 24.0 Å². The van der Waals surface area contributed by atoms with E-state index in [1.54, 1.807) is 30.3 Å². The van der Waals surface area contributed by atoms with Crippen LogP contribution < -0.4 is 10.2 Å². The molecule has 0 aromatic heterocycles. The first-order valence-corrected chi connectivity index (χ1v) is 11.1. The minimum absolute atomic E-state index is 0.000687. The quantitative estimate of drug-likeness (QED) is 0.420. The molecule has 34 heavy (non-hydrogen) atoms. The molecule has 2 saturated heterocycles. The fourth-order valence-corrected chi connectivity index (χ4v) is 5.59. The third kappa shape index (κ3) is 3.25. The molecule has 4 amide bonds. The molecule has 4 unspecified atom stereocenters. The maximum atomic E-state index is 14.1. The zero-order chi connectivity index (χ0) is 24.2. The van der Waals surface area contributed by atoms with Crippen LogP contribution in [-0.4, -0.2) is 52.5 Å². The zero-order valence-corrected chi connectivity index (χ0v) is 18.8. The summed E-state index contributed by atoms with van der Waals surface area (Å²) in [5.41, 5.74) is 0.188. The number of benzene rings is 2. The Kier molecular flexibility index (Phi) is 5.12. The first kappa shape index (κ1) is 22.0. The number of urea groups is 1. The average Bonchev–Trinajstić information content (AvgIpc) is 2.80. The maximum Gasteiger partial charge on any atom is 0.331 e. The number of ether oxygens (including phenoxy) is 1. The van der Waals surface area contributed by atoms with Crippen molar-refractivity contribution in [3.8, 4) is 0 Å². The van der Waals surface area contributed by atoms with Crippen molar-refractivity contribution in [2.45, 2.75) is 45.1 Å². The maximum absolute atomic E-state index is 14.1. The van der Waals surface area contributed by atoms with E-state index in [0.717, 1.165) is 16.2 Å². The number of carbonyl (C=O) groups excluding carboxylic acids is 3. The third-order valence-electron chi connectivity index (χ3n) is 6.92. The summed E-state index contributed by atoms with van der Waals surface area (Å²) in [5.74, 6) is -1.33. The summed E-state index contributed by atoms with van der Waals surface area (Å²) in [6.45, 7) is 4.10. The summed E-state index contributed by atoms with van der Waals surface area (Å²) in [4.78, 5) is 54.3. The number of non-ortho nitro benzene ring substituents is 1. The number of fused-ring (bicyclic) bond motifs is 4. The molecule has 176 valence electrons. The van der Waals surface area contributed by atoms with Gasteiger partial charge in [-0.05, 0) is 31.0 Å². The van der Waals surface area contributed by atoms with E-state index in [1.165, 1.54) is 12.1 Å². The molecule has 2 aromatic rings. The number of carbonyl (C=O) groups is 3. The van der Waals surface area contributed by atoms with Crippen LogP contribution in [0, 0.1) is 15.5 Å². The summed E-state index contributed by atoms with van der Waals surface area (Å²) in [7, 11) is 0. The van der Waals surface area contributed by atoms with Gasteiger partial charge in [-0.15, -0.1) is 0 Å². The van der Waals surface area contributed by atoms with Crippen molar-refractivity contribution in [3.63, 3.8) is 0 Å². The van der Waals surface area contributed by atoms with E-state index in [9.17, 15) is 24.5 Å². The monoisotopic (exact) mass is 464 g/mol. The van der Waals surface area contributed by atoms with Crippen molar-refractivity contribution >= 4 is 29.2 Å². The lowest BCUT2D eigenvalue weighted by Crippen LogP contribution is -2.75. The van der Waals surface area contributed by atoms with Gasteiger partial charge in [-0.1, -0.05) is 30.3 Å². The largest absolute Gasteiger partial charge is 0.372 e. The molecule has 0 bridgehead atoms. The molecule has 2 aromatic carbocycles. The van der Waals surface area contributed by atoms with E-state index in [4.69, 9.17) is 4.74 Å². The van der Waals surface area contributed by atoms with Crippen LogP contribution >= 0.6 is 0 Å². The van der Waals surface area contributed by atoms with E-state index in [2.05, 4.69) is 5.32 Å². The van der Waals surface area contributed by atoms with Crippen LogP contribution in [0.4, 0.5) is 16.2 Å². The van der Waals surface area contributed by atoms with E-state index < -0.39 is 40.3 Å². The number of amides is 4. The van der Waals surface area contributed by atoms with Gasteiger partial charge in [-0.25, -0.2) is 4.79 Å². The van der Waals surface area contributed by atoms with E-state index >= 15 is 0 Å². The predicted octanol–water partition coefficient (Wildman–Crippen LogP) is 2.40. The second kappa shape index (κ2) is 7.91. The first-order valence-electron chi connectivity index (χ1n) is 11.1. The molecule has 3 aliphatic heterocycles. The molecule has 10 nitrogen and oxygen atoms in total. The number of barbiturate groups is 1. The summed E-state index contributed by atoms with van der Waals surface area (Å²) in [5, 5.41) is 13.8. The average molecular weight is 464 g/mol. The van der Waals surface area contributed by atoms with Gasteiger partial charge >= 0.3 is 6.03 Å². The molecule has 3 aliphatic rings. The van der Waals surface area contributed by atoms with Gasteiger partial charge in [0.25, 0.3) is 5.69 Å². The minimum atomic E-state index is -1.68. The highest BCUT2D eigenvalue weighted by molar-refractivity contribution is 6.20. The molecular weight excluding hydrogens is 440 g/mol. The summed E-state index contributed by atoms with van der Waals surface area (Å²) >= 11 is 0. The van der Waals surface area contributed by atoms with Crippen molar-refractivity contribution in [1.29, 1.82) is 0 Å². The topological polar surface area (TPSA) is 122 Å². The Morgan fingerprint density at radius 3 is 2.59 bits per heavy atom. The lowest BCUT2D eigenvalue weighted by molar-refractivity contribution is -0.384. The van der Waals surface area contributed by atoms with Crippen LogP contribution in [0.1, 0.15) is 25.0 Å². The molecule has 5 rings (SSSR count). The molecule has 10 heteroatoms. The Hall–Kier alpha value is -3.79. The van der Waals surface area contributed by atoms with Crippen molar-refractivity contribution in [2.24, 2.45) is 5.41 Å². The van der Waals surface area contributed by atoms with Crippen LogP contribution in [0.3, 0.4) is 0 Å². The van der Waals surface area contributed by atoms with E-state index in [-0.39, 0.29) is 24.8 Å². The molecule has 1 N–H and O–H groups in total. The number of hydrogen-bond acceptors (Lipinski definition) is 7. The Balaban J connectivity index is 1.65. The number of nitro groups is 1. The predicted molar refractivity (Wildman–Crippen MR) is 121 cm³/mol.